The largest absolute Gasteiger partial charge is 0.508 e. The van der Waals surface area contributed by atoms with Crippen LogP contribution in [0.2, 0.25) is 0 Å². The Kier molecular flexibility index (Phi) is 3.35. The van der Waals surface area contributed by atoms with E-state index in [-0.39, 0.29) is 11.2 Å². The minimum Gasteiger partial charge on any atom is -0.508 e. The van der Waals surface area contributed by atoms with Crippen molar-refractivity contribution >= 4 is 21.7 Å². The summed E-state index contributed by atoms with van der Waals surface area (Å²) in [5.41, 5.74) is 1.81. The highest BCUT2D eigenvalue weighted by atomic mass is 16.3. The summed E-state index contributed by atoms with van der Waals surface area (Å²) < 4.78 is 5.91. The standard InChI is InChI=1S/C21H16O3/c1-2-18-20(15-8-7-13-5-3-4-6-14(13)11-15)21(23)17-10-9-16(22)12-19(17)24-18/h3-12,22H,2H2,1H3. The SMILES string of the molecule is CCc1oc2cc(O)ccc2c(=O)c1-c1ccc2ccccc2c1. The predicted molar refractivity (Wildman–Crippen MR) is 96.5 cm³/mol. The van der Waals surface area contributed by atoms with Crippen LogP contribution < -0.4 is 5.43 Å². The lowest BCUT2D eigenvalue weighted by atomic mass is 9.98. The van der Waals surface area contributed by atoms with Gasteiger partial charge >= 0.3 is 0 Å². The van der Waals surface area contributed by atoms with Crippen LogP contribution >= 0.6 is 0 Å². The number of hydrogen-bond acceptors (Lipinski definition) is 3. The van der Waals surface area contributed by atoms with Gasteiger partial charge in [-0.1, -0.05) is 43.3 Å². The third-order valence-corrected chi connectivity index (χ3v) is 4.31. The third kappa shape index (κ3) is 2.26. The molecule has 0 atom stereocenters. The highest BCUT2D eigenvalue weighted by Crippen LogP contribution is 2.29. The molecule has 0 amide bonds. The Morgan fingerprint density at radius 3 is 2.54 bits per heavy atom. The summed E-state index contributed by atoms with van der Waals surface area (Å²) in [4.78, 5) is 13.0. The molecule has 0 radical (unpaired) electrons. The summed E-state index contributed by atoms with van der Waals surface area (Å²) in [5, 5.41) is 12.3. The van der Waals surface area contributed by atoms with Crippen LogP contribution in [-0.2, 0) is 6.42 Å². The number of phenols is 1. The maximum atomic E-state index is 13.0. The van der Waals surface area contributed by atoms with E-state index >= 15 is 0 Å². The Labute approximate surface area is 138 Å². The Balaban J connectivity index is 2.05. The molecule has 118 valence electrons. The zero-order valence-corrected chi connectivity index (χ0v) is 13.2. The van der Waals surface area contributed by atoms with E-state index in [4.69, 9.17) is 4.42 Å². The minimum absolute atomic E-state index is 0.0663. The summed E-state index contributed by atoms with van der Waals surface area (Å²) in [5.74, 6) is 0.722. The fraction of sp³-hybridized carbons (Fsp3) is 0.0952. The normalized spacial score (nSPS) is 11.2. The van der Waals surface area contributed by atoms with Gasteiger partial charge in [0.1, 0.15) is 17.1 Å². The maximum Gasteiger partial charge on any atom is 0.200 e. The van der Waals surface area contributed by atoms with Crippen molar-refractivity contribution in [1.82, 2.24) is 0 Å². The first kappa shape index (κ1) is 14.5. The van der Waals surface area contributed by atoms with Gasteiger partial charge in [-0.25, -0.2) is 0 Å². The first-order valence-corrected chi connectivity index (χ1v) is 7.95. The van der Waals surface area contributed by atoms with Gasteiger partial charge < -0.3 is 9.52 Å². The number of fused-ring (bicyclic) bond motifs is 2. The molecule has 3 heteroatoms. The molecular weight excluding hydrogens is 300 g/mol. The van der Waals surface area contributed by atoms with Crippen LogP contribution in [0.4, 0.5) is 0 Å². The van der Waals surface area contributed by atoms with Gasteiger partial charge in [-0.3, -0.25) is 4.79 Å². The van der Waals surface area contributed by atoms with E-state index in [9.17, 15) is 9.90 Å². The average molecular weight is 316 g/mol. The quantitative estimate of drug-likeness (QED) is 0.573. The lowest BCUT2D eigenvalue weighted by molar-refractivity contribution is 0.472. The van der Waals surface area contributed by atoms with E-state index in [1.807, 2.05) is 49.4 Å². The van der Waals surface area contributed by atoms with E-state index in [0.717, 1.165) is 16.3 Å². The Hall–Kier alpha value is -3.07. The van der Waals surface area contributed by atoms with Crippen LogP contribution in [-0.4, -0.2) is 5.11 Å². The zero-order chi connectivity index (χ0) is 16.7. The second kappa shape index (κ2) is 5.53. The second-order valence-electron chi connectivity index (χ2n) is 5.83. The first-order chi connectivity index (χ1) is 11.7. The van der Waals surface area contributed by atoms with Crippen LogP contribution in [0.5, 0.6) is 5.75 Å². The molecule has 4 rings (SSSR count). The van der Waals surface area contributed by atoms with Crippen LogP contribution in [0.3, 0.4) is 0 Å². The van der Waals surface area contributed by atoms with E-state index < -0.39 is 0 Å². The Morgan fingerprint density at radius 2 is 1.75 bits per heavy atom. The van der Waals surface area contributed by atoms with Crippen molar-refractivity contribution in [3.05, 3.63) is 76.6 Å². The smallest absolute Gasteiger partial charge is 0.200 e. The van der Waals surface area contributed by atoms with Gasteiger partial charge in [0.05, 0.1) is 10.9 Å². The van der Waals surface area contributed by atoms with Gasteiger partial charge in [-0.05, 0) is 34.5 Å². The fourth-order valence-corrected chi connectivity index (χ4v) is 3.11. The van der Waals surface area contributed by atoms with Gasteiger partial charge in [-0.2, -0.15) is 0 Å². The van der Waals surface area contributed by atoms with Gasteiger partial charge in [0.15, 0.2) is 0 Å². The van der Waals surface area contributed by atoms with Gasteiger partial charge in [0.25, 0.3) is 0 Å². The molecule has 0 aliphatic carbocycles. The van der Waals surface area contributed by atoms with E-state index in [1.165, 1.54) is 12.1 Å². The number of hydrogen-bond donors (Lipinski definition) is 1. The van der Waals surface area contributed by atoms with E-state index in [1.54, 1.807) is 6.07 Å². The van der Waals surface area contributed by atoms with E-state index in [2.05, 4.69) is 0 Å². The van der Waals surface area contributed by atoms with Crippen LogP contribution in [0, 0.1) is 0 Å². The molecule has 0 aliphatic rings. The minimum atomic E-state index is -0.0663. The number of phenolic OH excluding ortho intramolecular Hbond substituents is 1. The van der Waals surface area contributed by atoms with E-state index in [0.29, 0.717) is 28.7 Å². The fourth-order valence-electron chi connectivity index (χ4n) is 3.11. The third-order valence-electron chi connectivity index (χ3n) is 4.31. The molecule has 1 N–H and O–H groups in total. The summed E-state index contributed by atoms with van der Waals surface area (Å²) in [6, 6.07) is 18.7. The average Bonchev–Trinajstić information content (AvgIpc) is 2.60. The summed E-state index contributed by atoms with van der Waals surface area (Å²) in [6.45, 7) is 1.96. The summed E-state index contributed by atoms with van der Waals surface area (Å²) in [6.07, 6.45) is 0.600. The highest BCUT2D eigenvalue weighted by molar-refractivity contribution is 5.90. The van der Waals surface area contributed by atoms with Crippen molar-refractivity contribution in [2.75, 3.05) is 0 Å². The molecule has 0 fully saturated rings. The van der Waals surface area contributed by atoms with Gasteiger partial charge in [-0.15, -0.1) is 0 Å². The lowest BCUT2D eigenvalue weighted by Crippen LogP contribution is -2.08. The first-order valence-electron chi connectivity index (χ1n) is 7.95. The molecule has 3 nitrogen and oxygen atoms in total. The Bertz CT molecular complexity index is 1120. The number of rotatable bonds is 2. The highest BCUT2D eigenvalue weighted by Gasteiger charge is 2.15. The molecule has 24 heavy (non-hydrogen) atoms. The monoisotopic (exact) mass is 316 g/mol. The topological polar surface area (TPSA) is 50.4 Å². The van der Waals surface area contributed by atoms with Gasteiger partial charge in [0.2, 0.25) is 5.43 Å². The van der Waals surface area contributed by atoms with Crippen molar-refractivity contribution in [3.8, 4) is 16.9 Å². The van der Waals surface area contributed by atoms with Crippen molar-refractivity contribution in [2.45, 2.75) is 13.3 Å². The molecule has 1 aromatic heterocycles. The molecule has 0 saturated carbocycles. The molecular formula is C21H16O3. The second-order valence-corrected chi connectivity index (χ2v) is 5.83. The Morgan fingerprint density at radius 1 is 0.958 bits per heavy atom. The molecule has 1 heterocycles. The summed E-state index contributed by atoms with van der Waals surface area (Å²) in [7, 11) is 0. The number of aromatic hydroxyl groups is 1. The number of aryl methyl sites for hydroxylation is 1. The van der Waals surface area contributed by atoms with Crippen molar-refractivity contribution in [2.24, 2.45) is 0 Å². The maximum absolute atomic E-state index is 13.0. The van der Waals surface area contributed by atoms with Gasteiger partial charge in [0, 0.05) is 12.5 Å². The molecule has 0 saturated heterocycles. The molecule has 0 bridgehead atoms. The zero-order valence-electron chi connectivity index (χ0n) is 13.2. The molecule has 0 aliphatic heterocycles. The van der Waals surface area contributed by atoms with Crippen LogP contribution in [0.1, 0.15) is 12.7 Å². The van der Waals surface area contributed by atoms with Crippen molar-refractivity contribution in [1.29, 1.82) is 0 Å². The van der Waals surface area contributed by atoms with Crippen LogP contribution in [0.25, 0.3) is 32.9 Å². The number of benzene rings is 3. The predicted octanol–water partition coefficient (Wildman–Crippen LogP) is 4.88. The molecule has 4 aromatic rings. The lowest BCUT2D eigenvalue weighted by Gasteiger charge is -2.10. The molecule has 3 aromatic carbocycles. The molecule has 0 spiro atoms. The summed E-state index contributed by atoms with van der Waals surface area (Å²) >= 11 is 0. The van der Waals surface area contributed by atoms with Crippen molar-refractivity contribution < 1.29 is 9.52 Å². The molecule has 0 unspecified atom stereocenters. The van der Waals surface area contributed by atoms with Crippen molar-refractivity contribution in [3.63, 3.8) is 0 Å². The van der Waals surface area contributed by atoms with Crippen LogP contribution in [0.15, 0.2) is 69.9 Å².